The third-order valence-corrected chi connectivity index (χ3v) is 8.88. The molecule has 35 heavy (non-hydrogen) atoms. The molecule has 1 heterocycles. The summed E-state index contributed by atoms with van der Waals surface area (Å²) in [4.78, 5) is 14.8. The Morgan fingerprint density at radius 2 is 1.80 bits per heavy atom. The highest BCUT2D eigenvalue weighted by atomic mass is 31.0. The van der Waals surface area contributed by atoms with Crippen LogP contribution in [0.15, 0.2) is 70.9 Å². The van der Waals surface area contributed by atoms with Crippen LogP contribution in [0.25, 0.3) is 0 Å². The summed E-state index contributed by atoms with van der Waals surface area (Å²) in [6.45, 7) is 1.35. The number of hydrogen-bond donors (Lipinski definition) is 0. The Hall–Kier alpha value is -1.87. The van der Waals surface area contributed by atoms with Crippen LogP contribution >= 0.6 is 9.24 Å². The number of amides is 1. The lowest BCUT2D eigenvalue weighted by Gasteiger charge is -2.35. The van der Waals surface area contributed by atoms with Gasteiger partial charge in [-0.15, -0.1) is 9.24 Å². The number of allylic oxidation sites excluding steroid dienone is 10. The molecule has 0 N–H and O–H groups in total. The van der Waals surface area contributed by atoms with Crippen molar-refractivity contribution in [2.24, 2.45) is 23.7 Å². The minimum absolute atomic E-state index is 0.125. The summed E-state index contributed by atoms with van der Waals surface area (Å²) in [6, 6.07) is 0. The van der Waals surface area contributed by atoms with Gasteiger partial charge in [-0.2, -0.15) is 13.2 Å². The minimum Gasteiger partial charge on any atom is -0.339 e. The van der Waals surface area contributed by atoms with Crippen molar-refractivity contribution in [1.82, 2.24) is 4.90 Å². The van der Waals surface area contributed by atoms with E-state index >= 15 is 0 Å². The van der Waals surface area contributed by atoms with Gasteiger partial charge in [0.25, 0.3) is 5.91 Å². The van der Waals surface area contributed by atoms with E-state index in [1.54, 1.807) is 11.1 Å². The van der Waals surface area contributed by atoms with E-state index < -0.39 is 12.1 Å². The largest absolute Gasteiger partial charge is 0.395 e. The molecule has 0 radical (unpaired) electrons. The Balaban J connectivity index is 1.21. The fourth-order valence-corrected chi connectivity index (χ4v) is 6.66. The van der Waals surface area contributed by atoms with E-state index in [-0.39, 0.29) is 12.3 Å². The van der Waals surface area contributed by atoms with Gasteiger partial charge in [0.05, 0.1) is 5.92 Å². The van der Waals surface area contributed by atoms with Crippen LogP contribution in [0, 0.1) is 23.7 Å². The predicted octanol–water partition coefficient (Wildman–Crippen LogP) is 7.09. The van der Waals surface area contributed by atoms with E-state index in [0.717, 1.165) is 31.8 Å². The lowest BCUT2D eigenvalue weighted by Crippen LogP contribution is -2.40. The third-order valence-electron chi connectivity index (χ3n) is 8.39. The number of alkyl halides is 3. The molecule has 1 fully saturated rings. The molecule has 1 amide bonds. The molecule has 5 atom stereocenters. The van der Waals surface area contributed by atoms with Crippen molar-refractivity contribution in [3.05, 3.63) is 70.9 Å². The molecule has 1 aliphatic heterocycles. The topological polar surface area (TPSA) is 20.3 Å². The molecule has 6 heteroatoms. The average Bonchev–Trinajstić information content (AvgIpc) is 3.23. The van der Waals surface area contributed by atoms with Crippen molar-refractivity contribution in [3.8, 4) is 0 Å². The fraction of sp³-hybridized carbons (Fsp3) is 0.552. The Kier molecular flexibility index (Phi) is 7.26. The van der Waals surface area contributed by atoms with Crippen LogP contribution in [0.5, 0.6) is 0 Å². The number of hydrogen-bond acceptors (Lipinski definition) is 1. The Labute approximate surface area is 209 Å². The first-order chi connectivity index (χ1) is 16.8. The van der Waals surface area contributed by atoms with Gasteiger partial charge in [-0.3, -0.25) is 4.79 Å². The van der Waals surface area contributed by atoms with Gasteiger partial charge in [0.15, 0.2) is 0 Å². The molecule has 188 valence electrons. The molecule has 0 bridgehead atoms. The van der Waals surface area contributed by atoms with Crippen LogP contribution in [0.4, 0.5) is 13.2 Å². The number of piperidine rings is 1. The summed E-state index contributed by atoms with van der Waals surface area (Å²) in [5.74, 6) is -0.0569. The van der Waals surface area contributed by atoms with E-state index in [9.17, 15) is 18.0 Å². The summed E-state index contributed by atoms with van der Waals surface area (Å²) in [6.07, 6.45) is 19.3. The molecule has 1 saturated heterocycles. The quantitative estimate of drug-likeness (QED) is 0.297. The molecule has 0 saturated carbocycles. The zero-order valence-corrected chi connectivity index (χ0v) is 21.3. The smallest absolute Gasteiger partial charge is 0.339 e. The number of carbonyl (C=O) groups excluding carboxylic acids is 1. The first kappa shape index (κ1) is 24.8. The standard InChI is InChI=1S/C29H35F3NOP/c30-29(31,32)23-9-7-21(8-10-23)28(34)33-15-13-20(14-16-33)27-18-22(25-3-1-2-4-26(25)27)17-19-5-11-24(35)12-6-19/h3,5-9,11,18,20,22-24,26H,1-2,4,10,12-17,35H2. The van der Waals surface area contributed by atoms with Crippen LogP contribution < -0.4 is 0 Å². The van der Waals surface area contributed by atoms with Gasteiger partial charge in [0.2, 0.25) is 0 Å². The highest BCUT2D eigenvalue weighted by molar-refractivity contribution is 7.17. The number of carbonyl (C=O) groups is 1. The molecule has 5 rings (SSSR count). The van der Waals surface area contributed by atoms with E-state index in [0.29, 0.717) is 42.1 Å². The second kappa shape index (κ2) is 10.2. The lowest BCUT2D eigenvalue weighted by atomic mass is 9.77. The molecular weight excluding hydrogens is 466 g/mol. The first-order valence-corrected chi connectivity index (χ1v) is 13.7. The second-order valence-electron chi connectivity index (χ2n) is 10.7. The van der Waals surface area contributed by atoms with Crippen molar-refractivity contribution >= 4 is 15.1 Å². The maximum Gasteiger partial charge on any atom is 0.395 e. The number of halogens is 3. The Morgan fingerprint density at radius 1 is 1.00 bits per heavy atom. The monoisotopic (exact) mass is 501 g/mol. The van der Waals surface area contributed by atoms with Crippen LogP contribution in [-0.4, -0.2) is 35.7 Å². The molecule has 5 unspecified atom stereocenters. The van der Waals surface area contributed by atoms with Crippen LogP contribution in [-0.2, 0) is 4.79 Å². The van der Waals surface area contributed by atoms with Crippen molar-refractivity contribution in [2.75, 3.05) is 13.1 Å². The van der Waals surface area contributed by atoms with E-state index in [2.05, 4.69) is 39.6 Å². The SMILES string of the molecule is O=C(C1=CCC(C(F)(F)F)C=C1)N1CCC(C2=CC(CC3=CCC(P)C=C3)C3=CCCCC32)CC1. The fourth-order valence-electron chi connectivity index (χ4n) is 6.42. The molecule has 5 aliphatic rings. The highest BCUT2D eigenvalue weighted by Gasteiger charge is 2.40. The van der Waals surface area contributed by atoms with Crippen molar-refractivity contribution < 1.29 is 18.0 Å². The molecule has 0 aromatic heterocycles. The summed E-state index contributed by atoms with van der Waals surface area (Å²) in [5, 5.41) is 0. The second-order valence-corrected chi connectivity index (χ2v) is 11.5. The number of nitrogens with zero attached hydrogens (tertiary/aromatic N) is 1. The molecule has 0 aromatic rings. The number of likely N-dealkylation sites (tertiary alicyclic amines) is 1. The van der Waals surface area contributed by atoms with Crippen molar-refractivity contribution in [3.63, 3.8) is 0 Å². The maximum atomic E-state index is 12.9. The van der Waals surface area contributed by atoms with Crippen molar-refractivity contribution in [1.29, 1.82) is 0 Å². The van der Waals surface area contributed by atoms with Gasteiger partial charge in [-0.1, -0.05) is 65.3 Å². The van der Waals surface area contributed by atoms with Gasteiger partial charge < -0.3 is 4.90 Å². The molecule has 0 aromatic carbocycles. The molecule has 0 spiro atoms. The zero-order valence-electron chi connectivity index (χ0n) is 20.1. The summed E-state index contributed by atoms with van der Waals surface area (Å²) in [7, 11) is 2.88. The van der Waals surface area contributed by atoms with E-state index in [1.807, 2.05) is 4.90 Å². The summed E-state index contributed by atoms with van der Waals surface area (Å²) < 4.78 is 38.7. The Morgan fingerprint density at radius 3 is 2.46 bits per heavy atom. The predicted molar refractivity (Wildman–Crippen MR) is 138 cm³/mol. The van der Waals surface area contributed by atoms with E-state index in [4.69, 9.17) is 0 Å². The number of fused-ring (bicyclic) bond motifs is 1. The normalized spacial score (nSPS) is 31.5. The minimum atomic E-state index is -4.25. The van der Waals surface area contributed by atoms with Crippen molar-refractivity contribution in [2.45, 2.75) is 63.2 Å². The zero-order chi connectivity index (χ0) is 24.6. The molecule has 4 aliphatic carbocycles. The van der Waals surface area contributed by atoms with Crippen LogP contribution in [0.1, 0.15) is 51.4 Å². The molecular formula is C29H35F3NOP. The Bertz CT molecular complexity index is 1020. The van der Waals surface area contributed by atoms with Crippen LogP contribution in [0.3, 0.4) is 0 Å². The summed E-state index contributed by atoms with van der Waals surface area (Å²) >= 11 is 0. The molecule has 2 nitrogen and oxygen atoms in total. The highest BCUT2D eigenvalue weighted by Crippen LogP contribution is 2.49. The lowest BCUT2D eigenvalue weighted by molar-refractivity contribution is -0.160. The van der Waals surface area contributed by atoms with Gasteiger partial charge in [-0.05, 0) is 62.9 Å². The number of rotatable bonds is 4. The van der Waals surface area contributed by atoms with E-state index in [1.165, 1.54) is 37.0 Å². The van der Waals surface area contributed by atoms with Gasteiger partial charge >= 0.3 is 6.18 Å². The van der Waals surface area contributed by atoms with Gasteiger partial charge in [-0.25, -0.2) is 0 Å². The third kappa shape index (κ3) is 5.45. The maximum absolute atomic E-state index is 12.9. The summed E-state index contributed by atoms with van der Waals surface area (Å²) in [5.41, 5.74) is 5.60. The van der Waals surface area contributed by atoms with Gasteiger partial charge in [0.1, 0.15) is 0 Å². The van der Waals surface area contributed by atoms with Gasteiger partial charge in [0, 0.05) is 30.5 Å². The van der Waals surface area contributed by atoms with Crippen LogP contribution in [0.2, 0.25) is 0 Å². The first-order valence-electron chi connectivity index (χ1n) is 13.1. The average molecular weight is 502 g/mol.